The molecule has 0 amide bonds. The van der Waals surface area contributed by atoms with Gasteiger partial charge in [-0.3, -0.25) is 0 Å². The number of unbranched alkanes of at least 4 members (excludes halogenated alkanes) is 1. The van der Waals surface area contributed by atoms with Crippen molar-refractivity contribution in [1.82, 2.24) is 0 Å². The molecule has 0 aromatic rings. The van der Waals surface area contributed by atoms with Crippen LogP contribution in [0.2, 0.25) is 0 Å². The fraction of sp³-hybridized carbons (Fsp3) is 0.684. The quantitative estimate of drug-likeness (QED) is 0.323. The molecule has 20 heavy (non-hydrogen) atoms. The molecule has 0 aromatic carbocycles. The zero-order chi connectivity index (χ0) is 14.8. The van der Waals surface area contributed by atoms with Gasteiger partial charge >= 0.3 is 0 Å². The lowest BCUT2D eigenvalue weighted by Gasteiger charge is -2.20. The number of allylic oxidation sites excluding steroid dienone is 4. The Hall–Kier alpha value is -0.980. The Balaban J connectivity index is 2.37. The largest absolute Gasteiger partial charge is 0.491 e. The minimum atomic E-state index is 0.357. The van der Waals surface area contributed by atoms with Crippen molar-refractivity contribution in [2.45, 2.75) is 78.2 Å². The maximum Gasteiger partial charge on any atom is 0.115 e. The molecule has 0 N–H and O–H groups in total. The molecule has 1 heteroatoms. The molecule has 1 atom stereocenters. The summed E-state index contributed by atoms with van der Waals surface area (Å²) in [5.41, 5.74) is 1.14. The average Bonchev–Trinajstić information content (AvgIpc) is 3.25. The highest BCUT2D eigenvalue weighted by Crippen LogP contribution is 2.35. The van der Waals surface area contributed by atoms with Crippen molar-refractivity contribution in [1.29, 1.82) is 0 Å². The molecular weight excluding hydrogens is 244 g/mol. The summed E-state index contributed by atoms with van der Waals surface area (Å²) in [5.74, 6) is 1.83. The smallest absolute Gasteiger partial charge is 0.115 e. The number of hydrogen-bond donors (Lipinski definition) is 0. The number of hydrogen-bond acceptors (Lipinski definition) is 1. The van der Waals surface area contributed by atoms with E-state index in [4.69, 9.17) is 4.74 Å². The monoisotopic (exact) mass is 276 g/mol. The Morgan fingerprint density at radius 1 is 1.25 bits per heavy atom. The first kappa shape index (κ1) is 17.1. The number of ether oxygens (including phenoxy) is 1. The predicted octanol–water partition coefficient (Wildman–Crippen LogP) is 6.18. The van der Waals surface area contributed by atoms with Gasteiger partial charge < -0.3 is 4.74 Å². The van der Waals surface area contributed by atoms with E-state index < -0.39 is 0 Å². The Morgan fingerprint density at radius 3 is 2.60 bits per heavy atom. The molecule has 1 aliphatic carbocycles. The highest BCUT2D eigenvalue weighted by atomic mass is 16.5. The molecule has 0 aliphatic heterocycles. The lowest BCUT2D eigenvalue weighted by atomic mass is 10.1. The van der Waals surface area contributed by atoms with Gasteiger partial charge in [0.15, 0.2) is 0 Å². The van der Waals surface area contributed by atoms with Crippen molar-refractivity contribution >= 4 is 0 Å². The third-order valence-corrected chi connectivity index (χ3v) is 3.89. The second-order valence-corrected chi connectivity index (χ2v) is 6.04. The minimum Gasteiger partial charge on any atom is -0.491 e. The van der Waals surface area contributed by atoms with Crippen molar-refractivity contribution in [2.75, 3.05) is 0 Å². The first-order valence-electron chi connectivity index (χ1n) is 8.36. The van der Waals surface area contributed by atoms with Gasteiger partial charge in [0.1, 0.15) is 5.76 Å². The van der Waals surface area contributed by atoms with E-state index in [1.54, 1.807) is 0 Å². The molecule has 1 nitrogen and oxygen atoms in total. The van der Waals surface area contributed by atoms with Gasteiger partial charge in [-0.1, -0.05) is 64.3 Å². The van der Waals surface area contributed by atoms with Crippen LogP contribution in [0.3, 0.4) is 0 Å². The predicted molar refractivity (Wildman–Crippen MR) is 88.7 cm³/mol. The molecule has 1 unspecified atom stereocenters. The van der Waals surface area contributed by atoms with Crippen LogP contribution in [0.4, 0.5) is 0 Å². The summed E-state index contributed by atoms with van der Waals surface area (Å²) in [6.45, 7) is 10.6. The summed E-state index contributed by atoms with van der Waals surface area (Å²) in [6, 6.07) is 0. The molecule has 0 radical (unpaired) electrons. The minimum absolute atomic E-state index is 0.357. The Labute approximate surface area is 125 Å². The maximum absolute atomic E-state index is 6.09. The second-order valence-electron chi connectivity index (χ2n) is 6.04. The normalized spacial score (nSPS) is 17.4. The standard InChI is InChI=1S/C19H32O/c1-5-7-8-9-11-16(3)17(4)20-19(10-6-2)15-14-18-12-13-18/h8-9,11,18-19H,4-7,10,12-15H2,1-3H3/b9-8-,16-11-. The Kier molecular flexibility index (Phi) is 8.41. The molecule has 1 aliphatic rings. The van der Waals surface area contributed by atoms with Gasteiger partial charge in [0.05, 0.1) is 6.10 Å². The van der Waals surface area contributed by atoms with Gasteiger partial charge in [-0.05, 0) is 44.1 Å². The van der Waals surface area contributed by atoms with Crippen LogP contribution < -0.4 is 0 Å². The number of rotatable bonds is 11. The van der Waals surface area contributed by atoms with Gasteiger partial charge in [-0.2, -0.15) is 0 Å². The summed E-state index contributed by atoms with van der Waals surface area (Å²) in [4.78, 5) is 0. The molecule has 1 rings (SSSR count). The second kappa shape index (κ2) is 9.85. The molecule has 114 valence electrons. The van der Waals surface area contributed by atoms with E-state index in [1.807, 2.05) is 0 Å². The van der Waals surface area contributed by atoms with Crippen LogP contribution in [0.1, 0.15) is 72.1 Å². The van der Waals surface area contributed by atoms with Gasteiger partial charge in [0.25, 0.3) is 0 Å². The van der Waals surface area contributed by atoms with Gasteiger partial charge in [-0.15, -0.1) is 0 Å². The van der Waals surface area contributed by atoms with Crippen molar-refractivity contribution in [3.63, 3.8) is 0 Å². The Bertz CT molecular complexity index is 334. The first-order chi connectivity index (χ1) is 9.67. The van der Waals surface area contributed by atoms with E-state index in [-0.39, 0.29) is 0 Å². The van der Waals surface area contributed by atoms with Crippen LogP contribution in [0, 0.1) is 5.92 Å². The van der Waals surface area contributed by atoms with E-state index in [9.17, 15) is 0 Å². The molecule has 0 bridgehead atoms. The van der Waals surface area contributed by atoms with Gasteiger partial charge in [0, 0.05) is 0 Å². The van der Waals surface area contributed by atoms with E-state index >= 15 is 0 Å². The molecule has 0 heterocycles. The summed E-state index contributed by atoms with van der Waals surface area (Å²) < 4.78 is 6.09. The van der Waals surface area contributed by atoms with Crippen LogP contribution in [0.25, 0.3) is 0 Å². The van der Waals surface area contributed by atoms with E-state index in [1.165, 1.54) is 38.5 Å². The third-order valence-electron chi connectivity index (χ3n) is 3.89. The Morgan fingerprint density at radius 2 is 2.00 bits per heavy atom. The third kappa shape index (κ3) is 7.57. The van der Waals surface area contributed by atoms with Gasteiger partial charge in [-0.25, -0.2) is 0 Å². The van der Waals surface area contributed by atoms with Crippen molar-refractivity contribution in [3.05, 3.63) is 36.1 Å². The first-order valence-corrected chi connectivity index (χ1v) is 8.36. The average molecular weight is 276 g/mol. The van der Waals surface area contributed by atoms with E-state index in [0.717, 1.165) is 30.1 Å². The molecule has 0 spiro atoms. The highest BCUT2D eigenvalue weighted by Gasteiger charge is 2.23. The SMILES string of the molecule is C=C(OC(CCC)CCC1CC1)/C(C)=C\C=C/CCC. The summed E-state index contributed by atoms with van der Waals surface area (Å²) in [7, 11) is 0. The van der Waals surface area contributed by atoms with E-state index in [0.29, 0.717) is 6.10 Å². The topological polar surface area (TPSA) is 9.23 Å². The summed E-state index contributed by atoms with van der Waals surface area (Å²) >= 11 is 0. The lowest BCUT2D eigenvalue weighted by molar-refractivity contribution is 0.103. The molecular formula is C19H32O. The zero-order valence-corrected chi connectivity index (χ0v) is 13.7. The van der Waals surface area contributed by atoms with Crippen LogP contribution >= 0.6 is 0 Å². The molecule has 0 saturated heterocycles. The van der Waals surface area contributed by atoms with Crippen LogP contribution in [0.5, 0.6) is 0 Å². The van der Waals surface area contributed by atoms with Crippen molar-refractivity contribution in [2.24, 2.45) is 5.92 Å². The van der Waals surface area contributed by atoms with Gasteiger partial charge in [0.2, 0.25) is 0 Å². The fourth-order valence-electron chi connectivity index (χ4n) is 2.27. The van der Waals surface area contributed by atoms with E-state index in [2.05, 4.69) is 45.6 Å². The summed E-state index contributed by atoms with van der Waals surface area (Å²) in [6.07, 6.45) is 16.8. The van der Waals surface area contributed by atoms with Crippen LogP contribution in [-0.2, 0) is 4.74 Å². The van der Waals surface area contributed by atoms with Crippen molar-refractivity contribution in [3.8, 4) is 0 Å². The van der Waals surface area contributed by atoms with Crippen LogP contribution in [-0.4, -0.2) is 6.10 Å². The molecule has 1 fully saturated rings. The highest BCUT2D eigenvalue weighted by molar-refractivity contribution is 5.25. The maximum atomic E-state index is 6.09. The van der Waals surface area contributed by atoms with Crippen molar-refractivity contribution < 1.29 is 4.74 Å². The fourth-order valence-corrected chi connectivity index (χ4v) is 2.27. The lowest BCUT2D eigenvalue weighted by Crippen LogP contribution is -2.13. The van der Waals surface area contributed by atoms with Crippen LogP contribution in [0.15, 0.2) is 36.1 Å². The molecule has 0 aromatic heterocycles. The zero-order valence-electron chi connectivity index (χ0n) is 13.7. The summed E-state index contributed by atoms with van der Waals surface area (Å²) in [5, 5.41) is 0. The molecule has 1 saturated carbocycles.